The van der Waals surface area contributed by atoms with Crippen LogP contribution in [0.25, 0.3) is 0 Å². The molecule has 0 saturated carbocycles. The Kier molecular flexibility index (Phi) is 3.05. The van der Waals surface area contributed by atoms with E-state index in [1.54, 1.807) is 6.07 Å². The van der Waals surface area contributed by atoms with Crippen molar-refractivity contribution in [3.63, 3.8) is 0 Å². The zero-order valence-corrected chi connectivity index (χ0v) is 11.7. The Morgan fingerprint density at radius 1 is 1.47 bits per heavy atom. The van der Waals surface area contributed by atoms with Crippen LogP contribution in [-0.4, -0.2) is 35.8 Å². The minimum atomic E-state index is -0.262. The zero-order valence-electron chi connectivity index (χ0n) is 11.7. The summed E-state index contributed by atoms with van der Waals surface area (Å²) in [6, 6.07) is 6.19. The molecule has 0 amide bonds. The Hall–Kier alpha value is -1.09. The van der Waals surface area contributed by atoms with Crippen LogP contribution in [0.1, 0.15) is 31.4 Å². The van der Waals surface area contributed by atoms with Gasteiger partial charge in [0.25, 0.3) is 0 Å². The van der Waals surface area contributed by atoms with E-state index in [2.05, 4.69) is 18.7 Å². The maximum absolute atomic E-state index is 12.7. The van der Waals surface area contributed by atoms with Crippen LogP contribution < -0.4 is 0 Å². The predicted molar refractivity (Wildman–Crippen MR) is 74.3 cm³/mol. The second-order valence-corrected chi connectivity index (χ2v) is 6.29. The quantitative estimate of drug-likeness (QED) is 0.887. The average molecular weight is 263 g/mol. The molecule has 2 nitrogen and oxygen atoms in total. The monoisotopic (exact) mass is 263 g/mol. The summed E-state index contributed by atoms with van der Waals surface area (Å²) < 4.78 is 12.7. The Balaban J connectivity index is 2.03. The molecule has 1 N–H and O–H groups in total. The third-order valence-corrected chi connectivity index (χ3v) is 5.48. The number of halogens is 1. The minimum absolute atomic E-state index is 0.115. The van der Waals surface area contributed by atoms with Gasteiger partial charge in [0.2, 0.25) is 0 Å². The van der Waals surface area contributed by atoms with Gasteiger partial charge in [0, 0.05) is 12.6 Å². The van der Waals surface area contributed by atoms with Gasteiger partial charge in [0.05, 0.1) is 0 Å². The van der Waals surface area contributed by atoms with E-state index in [1.807, 2.05) is 12.1 Å². The van der Waals surface area contributed by atoms with Crippen LogP contribution in [0.2, 0.25) is 0 Å². The lowest BCUT2D eigenvalue weighted by molar-refractivity contribution is 0.0278. The lowest BCUT2D eigenvalue weighted by Gasteiger charge is -2.54. The van der Waals surface area contributed by atoms with Gasteiger partial charge in [-0.1, -0.05) is 19.9 Å². The van der Waals surface area contributed by atoms with Crippen molar-refractivity contribution in [2.75, 3.05) is 19.8 Å². The van der Waals surface area contributed by atoms with Crippen molar-refractivity contribution in [3.8, 4) is 5.75 Å². The van der Waals surface area contributed by atoms with Crippen molar-refractivity contribution in [2.24, 2.45) is 5.92 Å². The largest absolute Gasteiger partial charge is 0.508 e. The van der Waals surface area contributed by atoms with E-state index in [4.69, 9.17) is 0 Å². The fourth-order valence-corrected chi connectivity index (χ4v) is 4.08. The third-order valence-electron chi connectivity index (χ3n) is 5.48. The first-order chi connectivity index (χ1) is 9.06. The summed E-state index contributed by atoms with van der Waals surface area (Å²) in [5.41, 5.74) is 2.74. The second kappa shape index (κ2) is 4.48. The summed E-state index contributed by atoms with van der Waals surface area (Å²) in [6.07, 6.45) is 2.02. The number of benzene rings is 1. The number of fused-ring (bicyclic) bond motifs is 4. The molecule has 1 aliphatic heterocycles. The number of likely N-dealkylation sites (tertiary alicyclic amines) is 1. The lowest BCUT2D eigenvalue weighted by atomic mass is 9.59. The highest BCUT2D eigenvalue weighted by molar-refractivity contribution is 5.44. The molecule has 3 rings (SSSR count). The van der Waals surface area contributed by atoms with Crippen LogP contribution in [0.5, 0.6) is 5.75 Å². The van der Waals surface area contributed by atoms with Gasteiger partial charge in [-0.2, -0.15) is 0 Å². The van der Waals surface area contributed by atoms with E-state index in [0.717, 1.165) is 19.4 Å². The number of alkyl halides is 1. The maximum Gasteiger partial charge on any atom is 0.115 e. The Morgan fingerprint density at radius 3 is 3.00 bits per heavy atom. The molecule has 0 radical (unpaired) electrons. The number of phenolic OH excluding ortho intramolecular Hbond substituents is 1. The first-order valence-corrected chi connectivity index (χ1v) is 7.18. The fraction of sp³-hybridized carbons (Fsp3) is 0.625. The van der Waals surface area contributed by atoms with Gasteiger partial charge in [-0.3, -0.25) is 4.90 Å². The molecule has 1 aromatic carbocycles. The van der Waals surface area contributed by atoms with Crippen molar-refractivity contribution in [2.45, 2.75) is 38.1 Å². The summed E-state index contributed by atoms with van der Waals surface area (Å²) in [4.78, 5) is 2.31. The Morgan fingerprint density at radius 2 is 2.26 bits per heavy atom. The average Bonchev–Trinajstić information content (AvgIpc) is 2.38. The van der Waals surface area contributed by atoms with E-state index in [-0.39, 0.29) is 12.1 Å². The summed E-state index contributed by atoms with van der Waals surface area (Å²) >= 11 is 0. The summed E-state index contributed by atoms with van der Waals surface area (Å²) in [7, 11) is 0. The predicted octanol–water partition coefficient (Wildman–Crippen LogP) is 2.89. The summed E-state index contributed by atoms with van der Waals surface area (Å²) in [6.45, 7) is 5.84. The van der Waals surface area contributed by atoms with Crippen LogP contribution in [0.15, 0.2) is 18.2 Å². The van der Waals surface area contributed by atoms with Gasteiger partial charge in [-0.15, -0.1) is 0 Å². The number of phenols is 1. The number of nitrogens with zero attached hydrogens (tertiary/aromatic N) is 1. The highest BCUT2D eigenvalue weighted by Gasteiger charge is 2.48. The molecule has 3 heteroatoms. The van der Waals surface area contributed by atoms with E-state index in [9.17, 15) is 9.50 Å². The number of hydrogen-bond donors (Lipinski definition) is 1. The van der Waals surface area contributed by atoms with Crippen molar-refractivity contribution >= 4 is 0 Å². The number of piperidine rings is 1. The van der Waals surface area contributed by atoms with E-state index < -0.39 is 0 Å². The van der Waals surface area contributed by atoms with Crippen LogP contribution in [-0.2, 0) is 11.8 Å². The molecule has 1 saturated heterocycles. The van der Waals surface area contributed by atoms with E-state index >= 15 is 0 Å². The molecule has 104 valence electrons. The van der Waals surface area contributed by atoms with Gasteiger partial charge in [-0.05, 0) is 54.0 Å². The smallest absolute Gasteiger partial charge is 0.115 e. The second-order valence-electron chi connectivity index (χ2n) is 6.29. The van der Waals surface area contributed by atoms with Crippen molar-refractivity contribution < 1.29 is 9.50 Å². The lowest BCUT2D eigenvalue weighted by Crippen LogP contribution is -2.58. The molecular formula is C16H22FNO. The topological polar surface area (TPSA) is 23.5 Å². The zero-order chi connectivity index (χ0) is 13.6. The highest BCUT2D eigenvalue weighted by Crippen LogP contribution is 2.49. The van der Waals surface area contributed by atoms with E-state index in [0.29, 0.717) is 24.3 Å². The molecule has 1 fully saturated rings. The van der Waals surface area contributed by atoms with Crippen molar-refractivity contribution in [3.05, 3.63) is 29.3 Å². The molecule has 0 aromatic heterocycles. The van der Waals surface area contributed by atoms with Gasteiger partial charge in [-0.25, -0.2) is 4.39 Å². The molecule has 2 bridgehead atoms. The van der Waals surface area contributed by atoms with Crippen LogP contribution in [0, 0.1) is 5.92 Å². The standard InChI is InChI=1S/C16H22FNO/c1-11-15-9-12-3-4-13(19)10-14(12)16(11,2)5-7-18(15)8-6-17/h3-4,10-11,15,19H,5-9H2,1-2H3/t11-,15?,16-/m0/s1. The molecule has 1 aliphatic carbocycles. The summed E-state index contributed by atoms with van der Waals surface area (Å²) in [5, 5.41) is 9.76. The maximum atomic E-state index is 12.7. The van der Waals surface area contributed by atoms with Gasteiger partial charge >= 0.3 is 0 Å². The Bertz CT molecular complexity index is 490. The third kappa shape index (κ3) is 1.86. The van der Waals surface area contributed by atoms with Crippen LogP contribution in [0.4, 0.5) is 4.39 Å². The molecule has 19 heavy (non-hydrogen) atoms. The van der Waals surface area contributed by atoms with Crippen LogP contribution in [0.3, 0.4) is 0 Å². The molecule has 1 heterocycles. The number of aromatic hydroxyl groups is 1. The van der Waals surface area contributed by atoms with Crippen molar-refractivity contribution in [1.29, 1.82) is 0 Å². The minimum Gasteiger partial charge on any atom is -0.508 e. The van der Waals surface area contributed by atoms with Gasteiger partial charge in [0.15, 0.2) is 0 Å². The number of rotatable bonds is 2. The van der Waals surface area contributed by atoms with Crippen LogP contribution >= 0.6 is 0 Å². The molecular weight excluding hydrogens is 241 g/mol. The van der Waals surface area contributed by atoms with Gasteiger partial charge in [0.1, 0.15) is 12.4 Å². The molecule has 2 aliphatic rings. The summed E-state index contributed by atoms with van der Waals surface area (Å²) in [5.74, 6) is 0.860. The molecule has 1 unspecified atom stereocenters. The van der Waals surface area contributed by atoms with E-state index in [1.165, 1.54) is 11.1 Å². The molecule has 1 aromatic rings. The first kappa shape index (κ1) is 12.9. The van der Waals surface area contributed by atoms with Gasteiger partial charge < -0.3 is 5.11 Å². The normalized spacial score (nSPS) is 34.1. The first-order valence-electron chi connectivity index (χ1n) is 7.18. The van der Waals surface area contributed by atoms with Crippen molar-refractivity contribution in [1.82, 2.24) is 4.90 Å². The fourth-order valence-electron chi connectivity index (χ4n) is 4.08. The Labute approximate surface area is 114 Å². The molecule has 3 atom stereocenters. The molecule has 0 spiro atoms. The SMILES string of the molecule is C[C@H]1C2Cc3ccc(O)cc3[C@@]1(C)CCN2CCF. The highest BCUT2D eigenvalue weighted by atomic mass is 19.1. The number of hydrogen-bond acceptors (Lipinski definition) is 2.